The molecule has 0 spiro atoms. The number of nitrogens with zero attached hydrogens (tertiary/aromatic N) is 1. The van der Waals surface area contributed by atoms with Crippen LogP contribution in [0.3, 0.4) is 0 Å². The summed E-state index contributed by atoms with van der Waals surface area (Å²) in [4.78, 5) is 39.7. The Labute approximate surface area is 241 Å². The van der Waals surface area contributed by atoms with Crippen LogP contribution in [-0.2, 0) is 33.8 Å². The molecule has 1 aliphatic heterocycles. The minimum absolute atomic E-state index is 0.0256. The molecule has 2 fully saturated rings. The molecule has 6 nitrogen and oxygen atoms in total. The van der Waals surface area contributed by atoms with Crippen molar-refractivity contribution in [2.45, 2.75) is 50.9 Å². The van der Waals surface area contributed by atoms with Crippen molar-refractivity contribution in [2.75, 3.05) is 13.7 Å². The van der Waals surface area contributed by atoms with Crippen molar-refractivity contribution in [3.63, 3.8) is 0 Å². The van der Waals surface area contributed by atoms with Gasteiger partial charge in [0.25, 0.3) is 0 Å². The number of halogens is 3. The van der Waals surface area contributed by atoms with E-state index in [1.54, 1.807) is 18.2 Å². The molecule has 2 saturated carbocycles. The van der Waals surface area contributed by atoms with Crippen molar-refractivity contribution in [1.82, 2.24) is 10.2 Å². The number of benzene rings is 3. The minimum Gasteiger partial charge on any atom is -0.465 e. The van der Waals surface area contributed by atoms with Gasteiger partial charge in [0.15, 0.2) is 0 Å². The molecule has 1 N–H and O–H groups in total. The van der Waals surface area contributed by atoms with Crippen molar-refractivity contribution >= 4 is 17.8 Å². The Morgan fingerprint density at radius 3 is 2.45 bits per heavy atom. The van der Waals surface area contributed by atoms with Crippen LogP contribution in [-0.4, -0.2) is 42.5 Å². The number of methoxy groups -OCH3 is 1. The molecule has 2 amide bonds. The fourth-order valence-corrected chi connectivity index (χ4v) is 6.19. The fraction of sp³-hybridized carbons (Fsp3) is 0.364. The lowest BCUT2D eigenvalue weighted by Gasteiger charge is -2.35. The monoisotopic (exact) mass is 576 g/mol. The molecule has 0 radical (unpaired) electrons. The molecule has 3 aromatic rings. The maximum absolute atomic E-state index is 13.8. The highest BCUT2D eigenvalue weighted by atomic mass is 19.4. The quantitative estimate of drug-likeness (QED) is 0.362. The maximum Gasteiger partial charge on any atom is 0.403 e. The molecule has 0 unspecified atom stereocenters. The van der Waals surface area contributed by atoms with Crippen LogP contribution < -0.4 is 5.32 Å². The first kappa shape index (κ1) is 28.0. The van der Waals surface area contributed by atoms with E-state index in [-0.39, 0.29) is 50.2 Å². The third-order valence-electron chi connectivity index (χ3n) is 8.90. The number of alkyl halides is 3. The molecule has 1 heterocycles. The molecule has 42 heavy (non-hydrogen) atoms. The highest BCUT2D eigenvalue weighted by Gasteiger charge is 2.69. The zero-order chi connectivity index (χ0) is 29.6. The number of nitrogens with one attached hydrogen (secondary N) is 1. The summed E-state index contributed by atoms with van der Waals surface area (Å²) in [5, 5.41) is 3.03. The van der Waals surface area contributed by atoms with Crippen LogP contribution in [0, 0.1) is 11.3 Å². The third-order valence-corrected chi connectivity index (χ3v) is 8.90. The summed E-state index contributed by atoms with van der Waals surface area (Å²) >= 11 is 0. The molecule has 0 saturated heterocycles. The topological polar surface area (TPSA) is 75.7 Å². The number of rotatable bonds is 7. The lowest BCUT2D eigenvalue weighted by atomic mass is 9.86. The van der Waals surface area contributed by atoms with E-state index in [4.69, 9.17) is 4.74 Å². The van der Waals surface area contributed by atoms with Crippen molar-refractivity contribution < 1.29 is 32.3 Å². The van der Waals surface area contributed by atoms with Gasteiger partial charge in [-0.3, -0.25) is 9.59 Å². The van der Waals surface area contributed by atoms with Crippen LogP contribution in [0.5, 0.6) is 0 Å². The SMILES string of the molecule is COC(=O)c1cccc(-c2ccc(CNC(=O)[C@@H]3C[C@H]3c3ccccc3)c3c2CCN(C(=O)C2(C(F)(F)F)CC2)C3)c1. The van der Waals surface area contributed by atoms with Crippen molar-refractivity contribution in [3.05, 3.63) is 94.5 Å². The Balaban J connectivity index is 1.28. The second-order valence-corrected chi connectivity index (χ2v) is 11.4. The first-order valence-electron chi connectivity index (χ1n) is 14.1. The van der Waals surface area contributed by atoms with Crippen molar-refractivity contribution in [1.29, 1.82) is 0 Å². The Bertz CT molecular complexity index is 1550. The number of esters is 1. The zero-order valence-electron chi connectivity index (χ0n) is 23.2. The number of hydrogen-bond acceptors (Lipinski definition) is 4. The Morgan fingerprint density at radius 1 is 1.00 bits per heavy atom. The third kappa shape index (κ3) is 5.05. The smallest absolute Gasteiger partial charge is 0.403 e. The first-order valence-corrected chi connectivity index (χ1v) is 14.1. The lowest BCUT2D eigenvalue weighted by molar-refractivity contribution is -0.199. The number of fused-ring (bicyclic) bond motifs is 1. The van der Waals surface area contributed by atoms with E-state index in [2.05, 4.69) is 5.32 Å². The summed E-state index contributed by atoms with van der Waals surface area (Å²) in [6, 6.07) is 20.6. The van der Waals surface area contributed by atoms with Gasteiger partial charge in [0.2, 0.25) is 11.8 Å². The van der Waals surface area contributed by atoms with Gasteiger partial charge >= 0.3 is 12.1 Å². The van der Waals surface area contributed by atoms with Crippen LogP contribution in [0.2, 0.25) is 0 Å². The van der Waals surface area contributed by atoms with E-state index in [1.165, 1.54) is 12.0 Å². The Hall–Kier alpha value is -4.14. The molecular weight excluding hydrogens is 545 g/mol. The Morgan fingerprint density at radius 2 is 1.76 bits per heavy atom. The summed E-state index contributed by atoms with van der Waals surface area (Å²) < 4.78 is 46.3. The summed E-state index contributed by atoms with van der Waals surface area (Å²) in [6.45, 7) is 0.385. The maximum atomic E-state index is 13.8. The van der Waals surface area contributed by atoms with Gasteiger partial charge < -0.3 is 15.0 Å². The standard InChI is InChI=1S/C33H31F3N2O4/c1-42-30(40)22-9-5-8-21(16-22)24-11-10-23(18-37-29(39)27-17-26(27)20-6-3-2-4-7-20)28-19-38(15-12-25(24)28)31(41)32(13-14-32)33(34,35)36/h2-11,16,26-27H,12-15,17-19H2,1H3,(H,37,39)/t26-,27+/m0/s1. The van der Waals surface area contributed by atoms with Gasteiger partial charge in [0.05, 0.1) is 12.7 Å². The van der Waals surface area contributed by atoms with Crippen LogP contribution in [0.1, 0.15) is 57.8 Å². The van der Waals surface area contributed by atoms with Gasteiger partial charge in [-0.1, -0.05) is 54.6 Å². The predicted molar refractivity (Wildman–Crippen MR) is 149 cm³/mol. The summed E-state index contributed by atoms with van der Waals surface area (Å²) in [5.74, 6) is -1.36. The average molecular weight is 577 g/mol. The van der Waals surface area contributed by atoms with Gasteiger partial charge in [-0.25, -0.2) is 4.79 Å². The predicted octanol–water partition coefficient (Wildman–Crippen LogP) is 5.79. The number of amides is 2. The largest absolute Gasteiger partial charge is 0.465 e. The van der Waals surface area contributed by atoms with Crippen LogP contribution in [0.25, 0.3) is 11.1 Å². The summed E-state index contributed by atoms with van der Waals surface area (Å²) in [7, 11) is 1.31. The lowest BCUT2D eigenvalue weighted by Crippen LogP contribution is -2.46. The fourth-order valence-electron chi connectivity index (χ4n) is 6.19. The number of hydrogen-bond donors (Lipinski definition) is 1. The highest BCUT2D eigenvalue weighted by Crippen LogP contribution is 2.59. The van der Waals surface area contributed by atoms with E-state index < -0.39 is 23.5 Å². The average Bonchev–Trinajstić information content (AvgIpc) is 3.93. The van der Waals surface area contributed by atoms with E-state index >= 15 is 0 Å². The van der Waals surface area contributed by atoms with Gasteiger partial charge in [0, 0.05) is 25.6 Å². The van der Waals surface area contributed by atoms with Crippen LogP contribution in [0.4, 0.5) is 13.2 Å². The molecular formula is C33H31F3N2O4. The summed E-state index contributed by atoms with van der Waals surface area (Å²) in [5.41, 5.74) is 3.22. The molecule has 9 heteroatoms. The van der Waals surface area contributed by atoms with Gasteiger partial charge in [0.1, 0.15) is 5.41 Å². The molecule has 0 aromatic heterocycles. The van der Waals surface area contributed by atoms with Crippen LogP contribution in [0.15, 0.2) is 66.7 Å². The van der Waals surface area contributed by atoms with E-state index in [0.29, 0.717) is 12.0 Å². The first-order chi connectivity index (χ1) is 20.1. The molecule has 0 bridgehead atoms. The van der Waals surface area contributed by atoms with E-state index in [0.717, 1.165) is 39.8 Å². The molecule has 218 valence electrons. The van der Waals surface area contributed by atoms with E-state index in [1.807, 2.05) is 48.5 Å². The van der Waals surface area contributed by atoms with Gasteiger partial charge in [-0.15, -0.1) is 0 Å². The van der Waals surface area contributed by atoms with Gasteiger partial charge in [-0.05, 0) is 77.1 Å². The molecule has 2 atom stereocenters. The zero-order valence-corrected chi connectivity index (χ0v) is 23.2. The number of ether oxygens (including phenoxy) is 1. The number of carbonyl (C=O) groups is 3. The molecule has 2 aliphatic carbocycles. The second kappa shape index (κ2) is 10.6. The Kier molecular flexibility index (Phi) is 7.07. The molecule has 3 aliphatic rings. The van der Waals surface area contributed by atoms with Gasteiger partial charge in [-0.2, -0.15) is 13.2 Å². The van der Waals surface area contributed by atoms with E-state index in [9.17, 15) is 27.6 Å². The second-order valence-electron chi connectivity index (χ2n) is 11.4. The van der Waals surface area contributed by atoms with Crippen molar-refractivity contribution in [3.8, 4) is 11.1 Å². The number of carbonyl (C=O) groups excluding carboxylic acids is 3. The minimum atomic E-state index is -4.59. The summed E-state index contributed by atoms with van der Waals surface area (Å²) in [6.07, 6.45) is -3.84. The normalized spacial score (nSPS) is 20.3. The molecule has 3 aromatic carbocycles. The highest BCUT2D eigenvalue weighted by molar-refractivity contribution is 5.91. The van der Waals surface area contributed by atoms with Crippen LogP contribution >= 0.6 is 0 Å². The molecule has 6 rings (SSSR count). The van der Waals surface area contributed by atoms with Crippen molar-refractivity contribution in [2.24, 2.45) is 11.3 Å².